The second kappa shape index (κ2) is 4.25. The van der Waals surface area contributed by atoms with Gasteiger partial charge in [0.25, 0.3) is 0 Å². The molecule has 0 aliphatic carbocycles. The number of nitrogen functional groups attached to an aromatic ring is 1. The number of benzene rings is 2. The molecule has 0 unspecified atom stereocenters. The fraction of sp³-hybridized carbons (Fsp3) is 0.250. The largest absolute Gasteiger partial charge is 0.398 e. The molecule has 0 heterocycles. The summed E-state index contributed by atoms with van der Waals surface area (Å²) in [5.41, 5.74) is 3.35. The van der Waals surface area contributed by atoms with Crippen molar-refractivity contribution in [3.05, 3.63) is 54.1 Å². The lowest BCUT2D eigenvalue weighted by Crippen LogP contribution is -2.13. The van der Waals surface area contributed by atoms with Gasteiger partial charge in [0, 0.05) is 18.0 Å². The standard InChI is InChI=1S/C16H19N/c1-16(2,3)14-11-13(9-10-15(14)17)12-7-5-4-6-8-12/h4-11H,17H2,1-3H3/i1D3,2D3,3D3. The molecule has 1 heteroatoms. The summed E-state index contributed by atoms with van der Waals surface area (Å²) in [6, 6.07) is 13.0. The van der Waals surface area contributed by atoms with E-state index in [1.54, 1.807) is 36.4 Å². The van der Waals surface area contributed by atoms with Crippen molar-refractivity contribution in [3.63, 3.8) is 0 Å². The van der Waals surface area contributed by atoms with Gasteiger partial charge in [0.15, 0.2) is 0 Å². The molecular weight excluding hydrogens is 206 g/mol. The Morgan fingerprint density at radius 3 is 2.29 bits per heavy atom. The minimum atomic E-state index is -3.34. The molecule has 0 aromatic heterocycles. The lowest BCUT2D eigenvalue weighted by atomic mass is 9.84. The van der Waals surface area contributed by atoms with Crippen molar-refractivity contribution in [1.29, 1.82) is 0 Å². The molecule has 2 N–H and O–H groups in total. The Bertz CT molecular complexity index is 737. The van der Waals surface area contributed by atoms with Crippen LogP contribution in [0.1, 0.15) is 38.5 Å². The number of hydrogen-bond donors (Lipinski definition) is 1. The van der Waals surface area contributed by atoms with Crippen LogP contribution in [0.2, 0.25) is 0 Å². The van der Waals surface area contributed by atoms with Crippen molar-refractivity contribution >= 4 is 5.69 Å². The molecule has 0 saturated heterocycles. The Morgan fingerprint density at radius 1 is 0.941 bits per heavy atom. The molecule has 1 nitrogen and oxygen atoms in total. The first-order valence-corrected chi connectivity index (χ1v) is 5.19. The highest BCUT2D eigenvalue weighted by Crippen LogP contribution is 2.31. The Hall–Kier alpha value is -1.76. The molecule has 0 atom stereocenters. The van der Waals surface area contributed by atoms with E-state index in [0.717, 1.165) is 0 Å². The van der Waals surface area contributed by atoms with Crippen molar-refractivity contribution in [2.75, 3.05) is 5.73 Å². The maximum Gasteiger partial charge on any atom is 0.0352 e. The molecule has 0 amide bonds. The number of nitrogens with two attached hydrogens (primary N) is 1. The highest BCUT2D eigenvalue weighted by Gasteiger charge is 2.17. The van der Waals surface area contributed by atoms with E-state index in [-0.39, 0.29) is 5.69 Å². The van der Waals surface area contributed by atoms with E-state index in [1.807, 2.05) is 0 Å². The highest BCUT2D eigenvalue weighted by molar-refractivity contribution is 5.68. The Labute approximate surface area is 116 Å². The third-order valence-corrected chi connectivity index (χ3v) is 2.56. The van der Waals surface area contributed by atoms with E-state index in [1.165, 1.54) is 12.1 Å². The molecule has 0 radical (unpaired) electrons. The first-order valence-electron chi connectivity index (χ1n) is 9.69. The van der Waals surface area contributed by atoms with Crippen LogP contribution in [-0.4, -0.2) is 0 Å². The van der Waals surface area contributed by atoms with E-state index in [4.69, 9.17) is 18.1 Å². The van der Waals surface area contributed by atoms with E-state index in [2.05, 4.69) is 0 Å². The zero-order valence-corrected chi connectivity index (χ0v) is 9.20. The van der Waals surface area contributed by atoms with E-state index >= 15 is 0 Å². The second-order valence-electron chi connectivity index (χ2n) is 3.92. The molecule has 0 saturated carbocycles. The van der Waals surface area contributed by atoms with Gasteiger partial charge in [-0.1, -0.05) is 57.0 Å². The fourth-order valence-electron chi connectivity index (χ4n) is 1.69. The van der Waals surface area contributed by atoms with Crippen LogP contribution in [0.5, 0.6) is 0 Å². The van der Waals surface area contributed by atoms with E-state index in [0.29, 0.717) is 11.1 Å². The van der Waals surface area contributed by atoms with Gasteiger partial charge in [-0.15, -0.1) is 0 Å². The zero-order valence-electron chi connectivity index (χ0n) is 18.2. The van der Waals surface area contributed by atoms with Crippen molar-refractivity contribution in [3.8, 4) is 11.1 Å². The topological polar surface area (TPSA) is 26.0 Å². The second-order valence-corrected chi connectivity index (χ2v) is 3.92. The van der Waals surface area contributed by atoms with Gasteiger partial charge in [0.1, 0.15) is 0 Å². The van der Waals surface area contributed by atoms with Crippen molar-refractivity contribution in [2.24, 2.45) is 0 Å². The Balaban J connectivity index is 2.90. The number of hydrogen-bond acceptors (Lipinski definition) is 1. The first-order chi connectivity index (χ1) is 11.7. The smallest absolute Gasteiger partial charge is 0.0352 e. The summed E-state index contributed by atoms with van der Waals surface area (Å²) in [6.07, 6.45) is 0. The molecule has 2 rings (SSSR count). The number of rotatable bonds is 1. The van der Waals surface area contributed by atoms with Crippen molar-refractivity contribution in [2.45, 2.75) is 26.0 Å². The summed E-state index contributed by atoms with van der Waals surface area (Å²) in [6.45, 7) is -10.0. The lowest BCUT2D eigenvalue weighted by molar-refractivity contribution is 0.593. The van der Waals surface area contributed by atoms with Crippen LogP contribution >= 0.6 is 0 Å². The molecule has 0 fully saturated rings. The quantitative estimate of drug-likeness (QED) is 0.734. The molecule has 0 bridgehead atoms. The van der Waals surface area contributed by atoms with Crippen molar-refractivity contribution in [1.82, 2.24) is 0 Å². The summed E-state index contributed by atoms with van der Waals surface area (Å²) in [5.74, 6) is 0. The summed E-state index contributed by atoms with van der Waals surface area (Å²) < 4.78 is 70.3. The van der Waals surface area contributed by atoms with Gasteiger partial charge in [-0.2, -0.15) is 0 Å². The van der Waals surface area contributed by atoms with Crippen molar-refractivity contribution < 1.29 is 12.3 Å². The average molecular weight is 234 g/mol. The summed E-state index contributed by atoms with van der Waals surface area (Å²) in [7, 11) is 0. The van der Waals surface area contributed by atoms with Gasteiger partial charge in [-0.25, -0.2) is 0 Å². The van der Waals surface area contributed by atoms with Crippen LogP contribution in [0, 0.1) is 0 Å². The zero-order chi connectivity index (χ0) is 20.0. The molecular formula is C16H19N. The predicted molar refractivity (Wildman–Crippen MR) is 75.0 cm³/mol. The van der Waals surface area contributed by atoms with E-state index in [9.17, 15) is 0 Å². The van der Waals surface area contributed by atoms with Crippen LogP contribution in [0.25, 0.3) is 11.1 Å². The molecule has 0 aliphatic heterocycles. The fourth-order valence-corrected chi connectivity index (χ4v) is 1.69. The van der Waals surface area contributed by atoms with Gasteiger partial charge in [-0.05, 0) is 34.2 Å². The molecule has 17 heavy (non-hydrogen) atoms. The predicted octanol–water partition coefficient (Wildman–Crippen LogP) is 4.23. The summed E-state index contributed by atoms with van der Waals surface area (Å²) >= 11 is 0. The minimum absolute atomic E-state index is 0.187. The normalized spacial score (nSPS) is 21.5. The Kier molecular flexibility index (Phi) is 1.21. The van der Waals surface area contributed by atoms with Crippen LogP contribution in [0.3, 0.4) is 0 Å². The molecule has 0 aliphatic rings. The van der Waals surface area contributed by atoms with E-state index < -0.39 is 31.5 Å². The highest BCUT2D eigenvalue weighted by atomic mass is 14.6. The summed E-state index contributed by atoms with van der Waals surface area (Å²) in [4.78, 5) is 0. The Morgan fingerprint density at radius 2 is 1.65 bits per heavy atom. The molecule has 2 aromatic rings. The molecule has 0 spiro atoms. The maximum absolute atomic E-state index is 7.82. The number of anilines is 1. The van der Waals surface area contributed by atoms with Gasteiger partial charge in [0.2, 0.25) is 0 Å². The lowest BCUT2D eigenvalue weighted by Gasteiger charge is -2.22. The SMILES string of the molecule is [2H]C([2H])([2H])C(c1cc(-c2ccccc2)ccc1N)(C([2H])([2H])[2H])C([2H])([2H])[2H]. The van der Waals surface area contributed by atoms with Crippen LogP contribution < -0.4 is 5.73 Å². The molecule has 88 valence electrons. The first kappa shape index (κ1) is 4.85. The van der Waals surface area contributed by atoms with Crippen LogP contribution in [0.15, 0.2) is 48.5 Å². The van der Waals surface area contributed by atoms with Crippen LogP contribution in [0.4, 0.5) is 5.69 Å². The minimum Gasteiger partial charge on any atom is -0.398 e. The van der Waals surface area contributed by atoms with Gasteiger partial charge < -0.3 is 5.73 Å². The molecule has 2 aromatic carbocycles. The maximum atomic E-state index is 7.82. The third kappa shape index (κ3) is 2.50. The van der Waals surface area contributed by atoms with Gasteiger partial charge >= 0.3 is 0 Å². The third-order valence-electron chi connectivity index (χ3n) is 2.56. The van der Waals surface area contributed by atoms with Crippen LogP contribution in [-0.2, 0) is 5.41 Å². The average Bonchev–Trinajstić information content (AvgIpc) is 2.46. The van der Waals surface area contributed by atoms with Gasteiger partial charge in [-0.3, -0.25) is 0 Å². The van der Waals surface area contributed by atoms with Gasteiger partial charge in [0.05, 0.1) is 0 Å². The summed E-state index contributed by atoms with van der Waals surface area (Å²) in [5, 5.41) is 0. The monoisotopic (exact) mass is 234 g/mol.